The number of carbonyl (C=O) groups excluding carboxylic acids is 2. The minimum Gasteiger partial charge on any atom is -0.381 e. The number of amides is 2. The molecule has 3 aliphatic rings. The first-order valence-electron chi connectivity index (χ1n) is 14.3. The zero-order valence-electron chi connectivity index (χ0n) is 23.2. The second kappa shape index (κ2) is 10.4. The summed E-state index contributed by atoms with van der Waals surface area (Å²) in [5.41, 5.74) is 3.25. The molecule has 12 heteroatoms. The normalized spacial score (nSPS) is 23.3. The van der Waals surface area contributed by atoms with E-state index in [0.717, 1.165) is 42.3 Å². The Morgan fingerprint density at radius 2 is 2.00 bits per heavy atom. The molecule has 2 N–H and O–H groups in total. The molecule has 1 saturated carbocycles. The number of rotatable bonds is 7. The maximum absolute atomic E-state index is 13.3. The van der Waals surface area contributed by atoms with Gasteiger partial charge < -0.3 is 29.6 Å². The number of ether oxygens (including phenoxy) is 2. The summed E-state index contributed by atoms with van der Waals surface area (Å²) in [6, 6.07) is 6.03. The second-order valence-electron chi connectivity index (χ2n) is 11.1. The van der Waals surface area contributed by atoms with E-state index in [1.807, 2.05) is 30.1 Å². The number of likely N-dealkylation sites (tertiary alicyclic amines) is 1. The molecule has 4 aromatic heterocycles. The molecule has 1 aliphatic carbocycles. The highest BCUT2D eigenvalue weighted by molar-refractivity contribution is 6.01. The average molecular weight is 559 g/mol. The SMILES string of the molecule is CNc1cc(-c2cn([C@H]3CC(=O)N(C4CCOCC4)C3)c3ncccc23)nc2c(C(=O)NC3CC[C@@H]3OC)cnn12. The van der Waals surface area contributed by atoms with Crippen molar-refractivity contribution in [2.75, 3.05) is 39.2 Å². The van der Waals surface area contributed by atoms with E-state index in [1.54, 1.807) is 24.0 Å². The summed E-state index contributed by atoms with van der Waals surface area (Å²) in [6.07, 6.45) is 9.41. The maximum Gasteiger partial charge on any atom is 0.257 e. The van der Waals surface area contributed by atoms with Crippen LogP contribution in [0, 0.1) is 0 Å². The Morgan fingerprint density at radius 1 is 1.15 bits per heavy atom. The number of nitrogens with zero attached hydrogens (tertiary/aromatic N) is 6. The second-order valence-corrected chi connectivity index (χ2v) is 11.1. The van der Waals surface area contributed by atoms with Crippen molar-refractivity contribution >= 4 is 34.3 Å². The summed E-state index contributed by atoms with van der Waals surface area (Å²) in [5, 5.41) is 11.7. The summed E-state index contributed by atoms with van der Waals surface area (Å²) in [4.78, 5) is 38.1. The maximum atomic E-state index is 13.3. The van der Waals surface area contributed by atoms with Gasteiger partial charge in [-0.3, -0.25) is 9.59 Å². The van der Waals surface area contributed by atoms with Crippen LogP contribution in [-0.2, 0) is 14.3 Å². The van der Waals surface area contributed by atoms with Crippen LogP contribution in [0.1, 0.15) is 48.5 Å². The third-order valence-corrected chi connectivity index (χ3v) is 8.83. The highest BCUT2D eigenvalue weighted by atomic mass is 16.5. The zero-order chi connectivity index (χ0) is 28.1. The van der Waals surface area contributed by atoms with Gasteiger partial charge in [-0.15, -0.1) is 0 Å². The van der Waals surface area contributed by atoms with Gasteiger partial charge in [0.15, 0.2) is 5.65 Å². The van der Waals surface area contributed by atoms with E-state index in [9.17, 15) is 9.59 Å². The quantitative estimate of drug-likeness (QED) is 0.354. The van der Waals surface area contributed by atoms with Crippen LogP contribution in [0.4, 0.5) is 5.82 Å². The number of carbonyl (C=O) groups is 2. The number of aromatic nitrogens is 5. The van der Waals surface area contributed by atoms with E-state index in [4.69, 9.17) is 19.4 Å². The topological polar surface area (TPSA) is 128 Å². The van der Waals surface area contributed by atoms with Gasteiger partial charge in [-0.2, -0.15) is 9.61 Å². The Labute approximate surface area is 237 Å². The minimum absolute atomic E-state index is 0.0201. The Morgan fingerprint density at radius 3 is 2.76 bits per heavy atom. The van der Waals surface area contributed by atoms with Crippen molar-refractivity contribution in [3.05, 3.63) is 42.4 Å². The third kappa shape index (κ3) is 4.41. The molecular weight excluding hydrogens is 524 g/mol. The first kappa shape index (κ1) is 25.9. The van der Waals surface area contributed by atoms with Crippen LogP contribution in [0.2, 0.25) is 0 Å². The molecule has 0 radical (unpaired) electrons. The monoisotopic (exact) mass is 558 g/mol. The molecule has 214 valence electrons. The molecule has 3 atom stereocenters. The van der Waals surface area contributed by atoms with Gasteiger partial charge >= 0.3 is 0 Å². The van der Waals surface area contributed by atoms with Gasteiger partial charge in [-0.1, -0.05) is 0 Å². The van der Waals surface area contributed by atoms with E-state index >= 15 is 0 Å². The van der Waals surface area contributed by atoms with Gasteiger partial charge in [0.05, 0.1) is 30.1 Å². The fraction of sp³-hybridized carbons (Fsp3) is 0.483. The molecule has 7 rings (SSSR count). The third-order valence-electron chi connectivity index (χ3n) is 8.83. The molecule has 0 aromatic carbocycles. The molecule has 41 heavy (non-hydrogen) atoms. The molecule has 2 saturated heterocycles. The number of anilines is 1. The van der Waals surface area contributed by atoms with Gasteiger partial charge in [0.1, 0.15) is 17.0 Å². The smallest absolute Gasteiger partial charge is 0.257 e. The van der Waals surface area contributed by atoms with E-state index < -0.39 is 0 Å². The number of hydrogen-bond donors (Lipinski definition) is 2. The van der Waals surface area contributed by atoms with Crippen molar-refractivity contribution in [3.8, 4) is 11.3 Å². The predicted molar refractivity (Wildman–Crippen MR) is 152 cm³/mol. The van der Waals surface area contributed by atoms with Crippen LogP contribution in [0.3, 0.4) is 0 Å². The van der Waals surface area contributed by atoms with Gasteiger partial charge in [-0.05, 0) is 37.8 Å². The number of hydrogen-bond acceptors (Lipinski definition) is 8. The van der Waals surface area contributed by atoms with Crippen molar-refractivity contribution in [2.45, 2.75) is 56.3 Å². The molecular formula is C29H34N8O4. The molecule has 4 aromatic rings. The van der Waals surface area contributed by atoms with Crippen molar-refractivity contribution in [1.29, 1.82) is 0 Å². The lowest BCUT2D eigenvalue weighted by molar-refractivity contribution is -0.131. The van der Waals surface area contributed by atoms with E-state index in [0.29, 0.717) is 48.9 Å². The zero-order valence-corrected chi connectivity index (χ0v) is 23.2. The first-order chi connectivity index (χ1) is 20.1. The van der Waals surface area contributed by atoms with Crippen molar-refractivity contribution in [3.63, 3.8) is 0 Å². The predicted octanol–water partition coefficient (Wildman–Crippen LogP) is 2.65. The Kier molecular flexibility index (Phi) is 6.58. The van der Waals surface area contributed by atoms with Crippen molar-refractivity contribution in [1.82, 2.24) is 34.4 Å². The van der Waals surface area contributed by atoms with Crippen LogP contribution in [-0.4, -0.2) is 93.0 Å². The van der Waals surface area contributed by atoms with Crippen LogP contribution in [0.25, 0.3) is 27.9 Å². The fourth-order valence-corrected chi connectivity index (χ4v) is 6.42. The number of methoxy groups -OCH3 is 1. The Balaban J connectivity index is 1.26. The average Bonchev–Trinajstić information content (AvgIpc) is 3.70. The molecule has 2 aliphatic heterocycles. The highest BCUT2D eigenvalue weighted by Gasteiger charge is 2.37. The largest absolute Gasteiger partial charge is 0.381 e. The summed E-state index contributed by atoms with van der Waals surface area (Å²) in [7, 11) is 3.48. The summed E-state index contributed by atoms with van der Waals surface area (Å²) in [5.74, 6) is 0.657. The fourth-order valence-electron chi connectivity index (χ4n) is 6.42. The van der Waals surface area contributed by atoms with E-state index in [1.165, 1.54) is 0 Å². The minimum atomic E-state index is -0.222. The van der Waals surface area contributed by atoms with Crippen LogP contribution in [0.5, 0.6) is 0 Å². The van der Waals surface area contributed by atoms with Gasteiger partial charge in [0.25, 0.3) is 5.91 Å². The molecule has 0 spiro atoms. The highest BCUT2D eigenvalue weighted by Crippen LogP contribution is 2.36. The molecule has 3 fully saturated rings. The first-order valence-corrected chi connectivity index (χ1v) is 14.3. The molecule has 2 amide bonds. The van der Waals surface area contributed by atoms with Crippen molar-refractivity contribution < 1.29 is 19.1 Å². The van der Waals surface area contributed by atoms with Gasteiger partial charge in [-0.25, -0.2) is 9.97 Å². The molecule has 0 bridgehead atoms. The number of pyridine rings is 1. The lowest BCUT2D eigenvalue weighted by Gasteiger charge is -2.35. The number of fused-ring (bicyclic) bond motifs is 2. The van der Waals surface area contributed by atoms with Gasteiger partial charge in [0.2, 0.25) is 5.91 Å². The van der Waals surface area contributed by atoms with E-state index in [2.05, 4.69) is 26.5 Å². The standard InChI is InChI=1S/C29H34N8O4/c1-30-25-13-23(33-28-20(14-32-37(25)28)29(39)34-22-5-6-24(22)40-2)21-16-36(27-19(21)4-3-9-31-27)18-12-26(38)35(15-18)17-7-10-41-11-8-17/h3-4,9,13-14,16-18,22,24,30H,5-8,10-12,15H2,1-2H3,(H,34,39)/t18-,22?,24-/m0/s1. The van der Waals surface area contributed by atoms with Crippen LogP contribution in [0.15, 0.2) is 36.8 Å². The summed E-state index contributed by atoms with van der Waals surface area (Å²) in [6.45, 7) is 2.04. The lowest BCUT2D eigenvalue weighted by Crippen LogP contribution is -2.51. The summed E-state index contributed by atoms with van der Waals surface area (Å²) >= 11 is 0. The molecule has 12 nitrogen and oxygen atoms in total. The Hall–Kier alpha value is -4.03. The Bertz CT molecular complexity index is 1620. The summed E-state index contributed by atoms with van der Waals surface area (Å²) < 4.78 is 14.7. The molecule has 1 unspecified atom stereocenters. The number of nitrogens with one attached hydrogen (secondary N) is 2. The van der Waals surface area contributed by atoms with Crippen molar-refractivity contribution in [2.24, 2.45) is 0 Å². The lowest BCUT2D eigenvalue weighted by atomic mass is 9.89. The van der Waals surface area contributed by atoms with Crippen LogP contribution < -0.4 is 10.6 Å². The van der Waals surface area contributed by atoms with Gasteiger partial charge in [0, 0.05) is 75.8 Å². The van der Waals surface area contributed by atoms with E-state index in [-0.39, 0.29) is 36.0 Å². The van der Waals surface area contributed by atoms with Crippen LogP contribution >= 0.6 is 0 Å². The molecule has 6 heterocycles.